The number of rotatable bonds is 6. The normalized spacial score (nSPS) is 11.8. The third kappa shape index (κ3) is 3.97. The molecule has 0 saturated carbocycles. The first kappa shape index (κ1) is 17.4. The number of hydrogen-bond donors (Lipinski definition) is 0. The molecule has 0 aliphatic rings. The SMILES string of the molecule is COCCn1c(=NC(=O)Cc2ccccc2)sc2cccc(OC)c21. The Labute approximate surface area is 150 Å². The number of benzene rings is 2. The van der Waals surface area contributed by atoms with Crippen LogP contribution in [-0.4, -0.2) is 31.3 Å². The minimum absolute atomic E-state index is 0.164. The molecule has 0 radical (unpaired) electrons. The number of aromatic nitrogens is 1. The van der Waals surface area contributed by atoms with Gasteiger partial charge >= 0.3 is 0 Å². The van der Waals surface area contributed by atoms with Crippen LogP contribution in [0, 0.1) is 0 Å². The molecule has 0 aliphatic heterocycles. The van der Waals surface area contributed by atoms with Crippen molar-refractivity contribution in [2.45, 2.75) is 13.0 Å². The standard InChI is InChI=1S/C19H20N2O3S/c1-23-12-11-21-18-15(24-2)9-6-10-16(18)25-19(21)20-17(22)13-14-7-4-3-5-8-14/h3-10H,11-13H2,1-2H3. The van der Waals surface area contributed by atoms with Gasteiger partial charge in [-0.3, -0.25) is 4.79 Å². The molecule has 1 amide bonds. The first-order valence-corrected chi connectivity index (χ1v) is 8.81. The van der Waals surface area contributed by atoms with E-state index in [2.05, 4.69) is 4.99 Å². The summed E-state index contributed by atoms with van der Waals surface area (Å²) in [5.74, 6) is 0.602. The number of carbonyl (C=O) groups excluding carboxylic acids is 1. The van der Waals surface area contributed by atoms with Crippen molar-refractivity contribution in [1.29, 1.82) is 0 Å². The summed E-state index contributed by atoms with van der Waals surface area (Å²) >= 11 is 1.48. The van der Waals surface area contributed by atoms with Crippen LogP contribution in [0.4, 0.5) is 0 Å². The van der Waals surface area contributed by atoms with E-state index in [1.54, 1.807) is 14.2 Å². The Morgan fingerprint density at radius 3 is 2.64 bits per heavy atom. The highest BCUT2D eigenvalue weighted by Crippen LogP contribution is 2.27. The van der Waals surface area contributed by atoms with Crippen molar-refractivity contribution in [2.24, 2.45) is 4.99 Å². The smallest absolute Gasteiger partial charge is 0.252 e. The van der Waals surface area contributed by atoms with Crippen molar-refractivity contribution in [3.05, 3.63) is 58.9 Å². The van der Waals surface area contributed by atoms with E-state index < -0.39 is 0 Å². The van der Waals surface area contributed by atoms with Crippen molar-refractivity contribution in [3.63, 3.8) is 0 Å². The Bertz CT molecular complexity index is 929. The molecule has 0 bridgehead atoms. The van der Waals surface area contributed by atoms with E-state index in [1.807, 2.05) is 53.1 Å². The van der Waals surface area contributed by atoms with Crippen molar-refractivity contribution in [3.8, 4) is 5.75 Å². The van der Waals surface area contributed by atoms with Crippen LogP contribution in [0.25, 0.3) is 10.2 Å². The fraction of sp³-hybridized carbons (Fsp3) is 0.263. The van der Waals surface area contributed by atoms with Gasteiger partial charge in [0.05, 0.1) is 24.8 Å². The third-order valence-electron chi connectivity index (χ3n) is 3.82. The van der Waals surface area contributed by atoms with Crippen LogP contribution in [0.15, 0.2) is 53.5 Å². The number of nitrogens with zero attached hydrogens (tertiary/aromatic N) is 2. The first-order valence-electron chi connectivity index (χ1n) is 7.99. The fourth-order valence-corrected chi connectivity index (χ4v) is 3.75. The van der Waals surface area contributed by atoms with Crippen LogP contribution in [0.2, 0.25) is 0 Å². The highest BCUT2D eigenvalue weighted by Gasteiger charge is 2.12. The van der Waals surface area contributed by atoms with Crippen molar-refractivity contribution in [2.75, 3.05) is 20.8 Å². The van der Waals surface area contributed by atoms with Crippen LogP contribution in [0.5, 0.6) is 5.75 Å². The maximum absolute atomic E-state index is 12.4. The minimum atomic E-state index is -0.164. The molecule has 0 N–H and O–H groups in total. The molecule has 0 spiro atoms. The second-order valence-electron chi connectivity index (χ2n) is 5.50. The molecular formula is C19H20N2O3S. The molecule has 0 saturated heterocycles. The van der Waals surface area contributed by atoms with Crippen molar-refractivity contribution in [1.82, 2.24) is 4.57 Å². The number of ether oxygens (including phenoxy) is 2. The predicted octanol–water partition coefficient (Wildman–Crippen LogP) is 3.03. The van der Waals surface area contributed by atoms with Gasteiger partial charge in [0.15, 0.2) is 4.80 Å². The van der Waals surface area contributed by atoms with Gasteiger partial charge in [-0.05, 0) is 17.7 Å². The number of hydrogen-bond acceptors (Lipinski definition) is 4. The molecule has 0 fully saturated rings. The summed E-state index contributed by atoms with van der Waals surface area (Å²) < 4.78 is 13.7. The minimum Gasteiger partial charge on any atom is -0.495 e. The van der Waals surface area contributed by atoms with Crippen molar-refractivity contribution < 1.29 is 14.3 Å². The number of fused-ring (bicyclic) bond motifs is 1. The monoisotopic (exact) mass is 356 g/mol. The molecule has 1 heterocycles. The van der Waals surface area contributed by atoms with E-state index in [0.29, 0.717) is 18.0 Å². The average Bonchev–Trinajstić information content (AvgIpc) is 2.97. The quantitative estimate of drug-likeness (QED) is 0.682. The highest BCUT2D eigenvalue weighted by atomic mass is 32.1. The number of methoxy groups -OCH3 is 2. The van der Waals surface area contributed by atoms with Gasteiger partial charge in [-0.2, -0.15) is 4.99 Å². The lowest BCUT2D eigenvalue weighted by molar-refractivity contribution is -0.117. The second kappa shape index (κ2) is 8.09. The lowest BCUT2D eigenvalue weighted by Gasteiger charge is -2.07. The van der Waals surface area contributed by atoms with E-state index >= 15 is 0 Å². The largest absolute Gasteiger partial charge is 0.495 e. The van der Waals surface area contributed by atoms with Gasteiger partial charge in [0.1, 0.15) is 11.3 Å². The van der Waals surface area contributed by atoms with Crippen LogP contribution in [0.3, 0.4) is 0 Å². The Morgan fingerprint density at radius 1 is 1.12 bits per heavy atom. The summed E-state index contributed by atoms with van der Waals surface area (Å²) in [5, 5.41) is 0. The molecule has 0 aliphatic carbocycles. The molecule has 1 aromatic heterocycles. The number of para-hydroxylation sites is 1. The lowest BCUT2D eigenvalue weighted by Crippen LogP contribution is -2.20. The predicted molar refractivity (Wildman–Crippen MR) is 99.0 cm³/mol. The summed E-state index contributed by atoms with van der Waals surface area (Å²) in [4.78, 5) is 17.4. The molecule has 3 rings (SSSR count). The van der Waals surface area contributed by atoms with Crippen LogP contribution >= 0.6 is 11.3 Å². The van der Waals surface area contributed by atoms with Gasteiger partial charge in [-0.1, -0.05) is 47.7 Å². The van der Waals surface area contributed by atoms with E-state index in [-0.39, 0.29) is 12.3 Å². The maximum Gasteiger partial charge on any atom is 0.252 e. The third-order valence-corrected chi connectivity index (χ3v) is 4.87. The van der Waals surface area contributed by atoms with Crippen LogP contribution in [-0.2, 0) is 22.5 Å². The summed E-state index contributed by atoms with van der Waals surface area (Å²) in [6.07, 6.45) is 0.288. The first-order chi connectivity index (χ1) is 12.2. The van der Waals surface area contributed by atoms with Gasteiger partial charge in [-0.15, -0.1) is 0 Å². The van der Waals surface area contributed by atoms with Gasteiger partial charge in [0.25, 0.3) is 5.91 Å². The zero-order valence-corrected chi connectivity index (χ0v) is 15.1. The average molecular weight is 356 g/mol. The second-order valence-corrected chi connectivity index (χ2v) is 6.51. The van der Waals surface area contributed by atoms with Crippen LogP contribution < -0.4 is 9.54 Å². The van der Waals surface area contributed by atoms with Gasteiger partial charge in [0, 0.05) is 13.7 Å². The summed E-state index contributed by atoms with van der Waals surface area (Å²) in [6, 6.07) is 15.5. The number of amides is 1. The highest BCUT2D eigenvalue weighted by molar-refractivity contribution is 7.16. The van der Waals surface area contributed by atoms with Gasteiger partial charge in [0.2, 0.25) is 0 Å². The molecule has 0 unspecified atom stereocenters. The number of carbonyl (C=O) groups is 1. The summed E-state index contributed by atoms with van der Waals surface area (Å²) in [6.45, 7) is 1.14. The zero-order chi connectivity index (χ0) is 17.6. The summed E-state index contributed by atoms with van der Waals surface area (Å²) in [7, 11) is 3.30. The van der Waals surface area contributed by atoms with Gasteiger partial charge in [-0.25, -0.2) is 0 Å². The summed E-state index contributed by atoms with van der Waals surface area (Å²) in [5.41, 5.74) is 1.90. The molecule has 3 aromatic rings. The molecule has 130 valence electrons. The van der Waals surface area contributed by atoms with Gasteiger partial charge < -0.3 is 14.0 Å². The topological polar surface area (TPSA) is 52.8 Å². The zero-order valence-electron chi connectivity index (χ0n) is 14.3. The number of thiazole rings is 1. The van der Waals surface area contributed by atoms with E-state index in [9.17, 15) is 4.79 Å². The molecule has 6 heteroatoms. The van der Waals surface area contributed by atoms with E-state index in [1.165, 1.54) is 11.3 Å². The van der Waals surface area contributed by atoms with E-state index in [4.69, 9.17) is 9.47 Å². The molecule has 5 nitrogen and oxygen atoms in total. The Kier molecular flexibility index (Phi) is 5.63. The molecule has 0 atom stereocenters. The maximum atomic E-state index is 12.4. The fourth-order valence-electron chi connectivity index (χ4n) is 2.65. The lowest BCUT2D eigenvalue weighted by atomic mass is 10.1. The van der Waals surface area contributed by atoms with E-state index in [0.717, 1.165) is 21.5 Å². The molecular weight excluding hydrogens is 336 g/mol. The Balaban J connectivity index is 2.03. The molecule has 2 aromatic carbocycles. The Hall–Kier alpha value is -2.44. The van der Waals surface area contributed by atoms with Crippen molar-refractivity contribution >= 4 is 27.5 Å². The molecule has 25 heavy (non-hydrogen) atoms. The van der Waals surface area contributed by atoms with Crippen LogP contribution in [0.1, 0.15) is 5.56 Å². The Morgan fingerprint density at radius 2 is 1.92 bits per heavy atom.